The average molecular weight is 312 g/mol. The van der Waals surface area contributed by atoms with E-state index in [1.807, 2.05) is 11.8 Å². The van der Waals surface area contributed by atoms with Crippen LogP contribution in [0, 0.1) is 5.92 Å². The topological polar surface area (TPSA) is 133 Å². The van der Waals surface area contributed by atoms with E-state index < -0.39 is 10.0 Å². The lowest BCUT2D eigenvalue weighted by molar-refractivity contribution is -0.122. The molecule has 6 N–H and O–H groups in total. The highest BCUT2D eigenvalue weighted by Gasteiger charge is 2.30. The third-order valence-corrected chi connectivity index (χ3v) is 4.91. The average Bonchev–Trinajstić information content (AvgIpc) is 2.38. The van der Waals surface area contributed by atoms with E-state index >= 15 is 0 Å². The molecule has 0 radical (unpaired) electrons. The van der Waals surface area contributed by atoms with Crippen molar-refractivity contribution in [2.45, 2.75) is 30.7 Å². The maximum atomic E-state index is 11.5. The second-order valence-electron chi connectivity index (χ2n) is 5.41. The molecule has 1 saturated heterocycles. The molecule has 1 heterocycles. The Morgan fingerprint density at radius 3 is 2.57 bits per heavy atom. The molecule has 21 heavy (non-hydrogen) atoms. The van der Waals surface area contributed by atoms with Crippen LogP contribution in [0.2, 0.25) is 0 Å². The molecule has 7 nitrogen and oxygen atoms in total. The number of sulfonamides is 1. The van der Waals surface area contributed by atoms with E-state index in [1.165, 1.54) is 6.07 Å². The second kappa shape index (κ2) is 5.53. The maximum Gasteiger partial charge on any atom is 0.240 e. The molecule has 2 rings (SSSR count). The molecule has 0 aromatic heterocycles. The standard InChI is InChI=1S/C13H20N4O3S/c1-8-5-6-9(13(15)18)7-17(8)10-3-2-4-11(12(10)14)21(16,19)20/h2-4,8-9H,5-7,14H2,1H3,(H2,15,18)(H2,16,19,20). The van der Waals surface area contributed by atoms with Crippen LogP contribution >= 0.6 is 0 Å². The van der Waals surface area contributed by atoms with Crippen molar-refractivity contribution >= 4 is 27.3 Å². The first-order chi connectivity index (χ1) is 9.71. The van der Waals surface area contributed by atoms with Crippen LogP contribution in [0.1, 0.15) is 19.8 Å². The fourth-order valence-corrected chi connectivity index (χ4v) is 3.39. The van der Waals surface area contributed by atoms with Crippen molar-refractivity contribution in [2.24, 2.45) is 16.8 Å². The van der Waals surface area contributed by atoms with Crippen molar-refractivity contribution < 1.29 is 13.2 Å². The van der Waals surface area contributed by atoms with E-state index in [9.17, 15) is 13.2 Å². The number of hydrogen-bond donors (Lipinski definition) is 3. The molecule has 0 saturated carbocycles. The number of hydrogen-bond acceptors (Lipinski definition) is 5. The quantitative estimate of drug-likeness (QED) is 0.676. The third-order valence-electron chi connectivity index (χ3n) is 3.94. The molecule has 1 fully saturated rings. The van der Waals surface area contributed by atoms with Crippen molar-refractivity contribution in [3.63, 3.8) is 0 Å². The van der Waals surface area contributed by atoms with Gasteiger partial charge in [0.25, 0.3) is 0 Å². The van der Waals surface area contributed by atoms with Crippen LogP contribution in [0.4, 0.5) is 11.4 Å². The summed E-state index contributed by atoms with van der Waals surface area (Å²) in [5.74, 6) is -0.619. The number of carbonyl (C=O) groups is 1. The van der Waals surface area contributed by atoms with Crippen LogP contribution in [0.25, 0.3) is 0 Å². The molecule has 0 aliphatic carbocycles. The second-order valence-corrected chi connectivity index (χ2v) is 6.94. The Balaban J connectivity index is 2.43. The Kier molecular flexibility index (Phi) is 4.11. The van der Waals surface area contributed by atoms with Crippen molar-refractivity contribution in [1.82, 2.24) is 0 Å². The molecule has 0 bridgehead atoms. The van der Waals surface area contributed by atoms with E-state index in [0.717, 1.165) is 12.8 Å². The van der Waals surface area contributed by atoms with Crippen molar-refractivity contribution in [1.29, 1.82) is 0 Å². The van der Waals surface area contributed by atoms with Gasteiger partial charge < -0.3 is 16.4 Å². The number of nitrogen functional groups attached to an aromatic ring is 1. The Morgan fingerprint density at radius 2 is 2.00 bits per heavy atom. The number of nitrogens with two attached hydrogens (primary N) is 3. The number of primary amides is 1. The summed E-state index contributed by atoms with van der Waals surface area (Å²) in [7, 11) is -3.89. The van der Waals surface area contributed by atoms with Gasteiger partial charge in [0.05, 0.1) is 17.3 Å². The SMILES string of the molecule is CC1CCC(C(N)=O)CN1c1cccc(S(N)(=O)=O)c1N. The number of benzene rings is 1. The monoisotopic (exact) mass is 312 g/mol. The lowest BCUT2D eigenvalue weighted by Gasteiger charge is -2.39. The number of para-hydroxylation sites is 1. The van der Waals surface area contributed by atoms with Gasteiger partial charge in [0.2, 0.25) is 15.9 Å². The molecule has 116 valence electrons. The molecule has 1 aliphatic heterocycles. The Morgan fingerprint density at radius 1 is 1.33 bits per heavy atom. The van der Waals surface area contributed by atoms with Crippen molar-refractivity contribution in [3.8, 4) is 0 Å². The Hall–Kier alpha value is -1.80. The van der Waals surface area contributed by atoms with E-state index in [1.54, 1.807) is 12.1 Å². The number of carbonyl (C=O) groups excluding carboxylic acids is 1. The van der Waals surface area contributed by atoms with Crippen molar-refractivity contribution in [3.05, 3.63) is 18.2 Å². The summed E-state index contributed by atoms with van der Waals surface area (Å²) in [5.41, 5.74) is 12.0. The molecule has 1 amide bonds. The fourth-order valence-electron chi connectivity index (χ4n) is 2.71. The van der Waals surface area contributed by atoms with Crippen molar-refractivity contribution in [2.75, 3.05) is 17.2 Å². The van der Waals surface area contributed by atoms with Gasteiger partial charge in [-0.15, -0.1) is 0 Å². The smallest absolute Gasteiger partial charge is 0.240 e. The van der Waals surface area contributed by atoms with Crippen LogP contribution in [0.3, 0.4) is 0 Å². The first-order valence-electron chi connectivity index (χ1n) is 6.69. The zero-order valence-electron chi connectivity index (χ0n) is 11.8. The first kappa shape index (κ1) is 15.6. The minimum absolute atomic E-state index is 0.103. The molecule has 8 heteroatoms. The molecule has 1 aliphatic rings. The van der Waals surface area contributed by atoms with Gasteiger partial charge in [0.15, 0.2) is 0 Å². The predicted octanol–water partition coefficient (Wildman–Crippen LogP) is 0.00640. The number of primary sulfonamides is 1. The van der Waals surface area contributed by atoms with Gasteiger partial charge >= 0.3 is 0 Å². The number of rotatable bonds is 3. The summed E-state index contributed by atoms with van der Waals surface area (Å²) < 4.78 is 23.1. The molecular formula is C13H20N4O3S. The zero-order chi connectivity index (χ0) is 15.8. The lowest BCUT2D eigenvalue weighted by atomic mass is 9.92. The highest BCUT2D eigenvalue weighted by molar-refractivity contribution is 7.89. The highest BCUT2D eigenvalue weighted by Crippen LogP contribution is 2.34. The van der Waals surface area contributed by atoms with Crippen LogP contribution < -0.4 is 21.5 Å². The molecular weight excluding hydrogens is 292 g/mol. The number of nitrogens with zero attached hydrogens (tertiary/aromatic N) is 1. The minimum atomic E-state index is -3.89. The summed E-state index contributed by atoms with van der Waals surface area (Å²) >= 11 is 0. The summed E-state index contributed by atoms with van der Waals surface area (Å²) in [6.07, 6.45) is 1.51. The van der Waals surface area contributed by atoms with Gasteiger partial charge in [0.1, 0.15) is 4.90 Å². The molecule has 2 unspecified atom stereocenters. The summed E-state index contributed by atoms with van der Waals surface area (Å²) in [6, 6.07) is 4.82. The largest absolute Gasteiger partial charge is 0.396 e. The van der Waals surface area contributed by atoms with Gasteiger partial charge in [-0.05, 0) is 31.9 Å². The van der Waals surface area contributed by atoms with Gasteiger partial charge in [-0.2, -0.15) is 0 Å². The van der Waals surface area contributed by atoms with Gasteiger partial charge in [-0.25, -0.2) is 13.6 Å². The summed E-state index contributed by atoms with van der Waals surface area (Å²) in [6.45, 7) is 2.43. The van der Waals surface area contributed by atoms with E-state index in [-0.39, 0.29) is 28.4 Å². The van der Waals surface area contributed by atoms with Crippen LogP contribution in [-0.4, -0.2) is 26.9 Å². The van der Waals surface area contributed by atoms with Gasteiger partial charge in [-0.1, -0.05) is 6.07 Å². The predicted molar refractivity (Wildman–Crippen MR) is 81.0 cm³/mol. The Bertz CT molecular complexity index is 659. The van der Waals surface area contributed by atoms with Crippen LogP contribution in [0.5, 0.6) is 0 Å². The van der Waals surface area contributed by atoms with E-state index in [0.29, 0.717) is 12.2 Å². The normalized spacial score (nSPS) is 23.0. The fraction of sp³-hybridized carbons (Fsp3) is 0.462. The van der Waals surface area contributed by atoms with E-state index in [4.69, 9.17) is 16.6 Å². The van der Waals surface area contributed by atoms with Crippen LogP contribution in [-0.2, 0) is 14.8 Å². The van der Waals surface area contributed by atoms with Gasteiger partial charge in [0, 0.05) is 12.6 Å². The first-order valence-corrected chi connectivity index (χ1v) is 8.23. The summed E-state index contributed by atoms with van der Waals surface area (Å²) in [4.78, 5) is 13.2. The molecule has 1 aromatic rings. The number of amides is 1. The molecule has 1 aromatic carbocycles. The van der Waals surface area contributed by atoms with E-state index in [2.05, 4.69) is 0 Å². The third kappa shape index (κ3) is 3.11. The molecule has 0 spiro atoms. The minimum Gasteiger partial charge on any atom is -0.396 e. The van der Waals surface area contributed by atoms with Gasteiger partial charge in [-0.3, -0.25) is 4.79 Å². The molecule has 2 atom stereocenters. The number of piperidine rings is 1. The highest BCUT2D eigenvalue weighted by atomic mass is 32.2. The maximum absolute atomic E-state index is 11.5. The Labute approximate surface area is 124 Å². The van der Waals surface area contributed by atoms with Crippen LogP contribution in [0.15, 0.2) is 23.1 Å². The number of anilines is 2. The summed E-state index contributed by atoms with van der Waals surface area (Å²) in [5, 5.41) is 5.17. The zero-order valence-corrected chi connectivity index (χ0v) is 12.6. The lowest BCUT2D eigenvalue weighted by Crippen LogP contribution is -2.46.